The third-order valence-electron chi connectivity index (χ3n) is 3.57. The molecule has 0 bridgehead atoms. The Morgan fingerprint density at radius 3 is 2.85 bits per heavy atom. The molecular formula is C18H18N2. The molecule has 0 radical (unpaired) electrons. The molecule has 0 fully saturated rings. The highest BCUT2D eigenvalue weighted by Gasteiger charge is 2.14. The van der Waals surface area contributed by atoms with Crippen LogP contribution in [0.3, 0.4) is 0 Å². The Morgan fingerprint density at radius 1 is 1.10 bits per heavy atom. The molecule has 0 amide bonds. The number of anilines is 2. The Balaban J connectivity index is 2.10. The van der Waals surface area contributed by atoms with Crippen LogP contribution in [-0.4, -0.2) is 11.5 Å². The number of hydrogen-bond donors (Lipinski definition) is 0. The van der Waals surface area contributed by atoms with Crippen LogP contribution in [0.5, 0.6) is 0 Å². The standard InChI is InChI=1S/C18H18N2/c1-2-20(18-13-6-7-14-19-18)17-12-8-10-15-9-4-3-5-11-16(15)17/h3-10,12-14H,2,11H2,1H3. The molecule has 2 aromatic rings. The third kappa shape index (κ3) is 2.37. The Labute approximate surface area is 120 Å². The molecule has 3 rings (SSSR count). The first-order valence-electron chi connectivity index (χ1n) is 7.04. The average molecular weight is 262 g/mol. The fourth-order valence-corrected chi connectivity index (χ4v) is 2.62. The quantitative estimate of drug-likeness (QED) is 0.816. The van der Waals surface area contributed by atoms with Crippen molar-refractivity contribution in [2.75, 3.05) is 11.4 Å². The molecule has 1 heterocycles. The van der Waals surface area contributed by atoms with E-state index in [1.807, 2.05) is 18.3 Å². The maximum Gasteiger partial charge on any atom is 0.132 e. The number of fused-ring (bicyclic) bond motifs is 1. The zero-order valence-electron chi connectivity index (χ0n) is 11.7. The van der Waals surface area contributed by atoms with E-state index in [0.29, 0.717) is 0 Å². The van der Waals surface area contributed by atoms with Crippen LogP contribution < -0.4 is 4.90 Å². The number of aromatic nitrogens is 1. The minimum absolute atomic E-state index is 0.904. The van der Waals surface area contributed by atoms with Gasteiger partial charge < -0.3 is 4.90 Å². The smallest absolute Gasteiger partial charge is 0.132 e. The average Bonchev–Trinajstić information content (AvgIpc) is 2.75. The van der Waals surface area contributed by atoms with Crippen molar-refractivity contribution >= 4 is 17.6 Å². The number of rotatable bonds is 3. The minimum atomic E-state index is 0.904. The van der Waals surface area contributed by atoms with E-state index < -0.39 is 0 Å². The van der Waals surface area contributed by atoms with Crippen LogP contribution in [0.25, 0.3) is 6.08 Å². The highest BCUT2D eigenvalue weighted by molar-refractivity contribution is 5.71. The summed E-state index contributed by atoms with van der Waals surface area (Å²) in [7, 11) is 0. The molecule has 100 valence electrons. The number of hydrogen-bond acceptors (Lipinski definition) is 2. The first-order chi connectivity index (χ1) is 9.90. The van der Waals surface area contributed by atoms with Gasteiger partial charge >= 0.3 is 0 Å². The Bertz CT molecular complexity index is 642. The van der Waals surface area contributed by atoms with Crippen molar-refractivity contribution in [3.05, 3.63) is 72.0 Å². The Hall–Kier alpha value is -2.35. The van der Waals surface area contributed by atoms with Gasteiger partial charge in [0.1, 0.15) is 5.82 Å². The molecule has 1 aromatic heterocycles. The second-order valence-corrected chi connectivity index (χ2v) is 4.77. The molecule has 2 heteroatoms. The molecule has 1 aliphatic rings. The summed E-state index contributed by atoms with van der Waals surface area (Å²) in [5.74, 6) is 1.00. The molecule has 0 unspecified atom stereocenters. The zero-order valence-corrected chi connectivity index (χ0v) is 11.7. The topological polar surface area (TPSA) is 16.1 Å². The lowest BCUT2D eigenvalue weighted by Gasteiger charge is -2.25. The van der Waals surface area contributed by atoms with Crippen molar-refractivity contribution in [3.63, 3.8) is 0 Å². The van der Waals surface area contributed by atoms with Gasteiger partial charge in [-0.05, 0) is 42.7 Å². The van der Waals surface area contributed by atoms with Gasteiger partial charge in [-0.15, -0.1) is 0 Å². The van der Waals surface area contributed by atoms with E-state index >= 15 is 0 Å². The van der Waals surface area contributed by atoms with E-state index in [1.165, 1.54) is 16.8 Å². The molecular weight excluding hydrogens is 244 g/mol. The van der Waals surface area contributed by atoms with Gasteiger partial charge in [0.25, 0.3) is 0 Å². The lowest BCUT2D eigenvalue weighted by atomic mass is 10.0. The Kier molecular flexibility index (Phi) is 3.64. The fraction of sp³-hybridized carbons (Fsp3) is 0.167. The number of benzene rings is 1. The summed E-state index contributed by atoms with van der Waals surface area (Å²) in [5.41, 5.74) is 3.91. The van der Waals surface area contributed by atoms with Gasteiger partial charge in [-0.3, -0.25) is 0 Å². The molecule has 0 saturated heterocycles. The van der Waals surface area contributed by atoms with E-state index in [9.17, 15) is 0 Å². The number of allylic oxidation sites excluding steroid dienone is 3. The van der Waals surface area contributed by atoms with Crippen molar-refractivity contribution < 1.29 is 0 Å². The molecule has 0 spiro atoms. The van der Waals surface area contributed by atoms with Gasteiger partial charge in [0.2, 0.25) is 0 Å². The zero-order chi connectivity index (χ0) is 13.8. The van der Waals surface area contributed by atoms with Crippen molar-refractivity contribution in [2.45, 2.75) is 13.3 Å². The minimum Gasteiger partial charge on any atom is -0.326 e. The molecule has 2 nitrogen and oxygen atoms in total. The monoisotopic (exact) mass is 262 g/mol. The SMILES string of the molecule is CCN(c1ccccn1)c1cccc2c1CC=CC=C2. The summed E-state index contributed by atoms with van der Waals surface area (Å²) in [6.07, 6.45) is 11.4. The molecule has 0 N–H and O–H groups in total. The lowest BCUT2D eigenvalue weighted by molar-refractivity contribution is 0.977. The van der Waals surface area contributed by atoms with Gasteiger partial charge in [0.15, 0.2) is 0 Å². The first kappa shape index (κ1) is 12.7. The van der Waals surface area contributed by atoms with Gasteiger partial charge in [-0.25, -0.2) is 4.98 Å². The van der Waals surface area contributed by atoms with Crippen LogP contribution in [0.4, 0.5) is 11.5 Å². The highest BCUT2D eigenvalue weighted by Crippen LogP contribution is 2.31. The second-order valence-electron chi connectivity index (χ2n) is 4.77. The summed E-state index contributed by atoms with van der Waals surface area (Å²) in [5, 5.41) is 0. The van der Waals surface area contributed by atoms with E-state index in [1.54, 1.807) is 0 Å². The molecule has 20 heavy (non-hydrogen) atoms. The van der Waals surface area contributed by atoms with E-state index in [4.69, 9.17) is 0 Å². The molecule has 1 aliphatic carbocycles. The molecule has 0 aliphatic heterocycles. The predicted molar refractivity (Wildman–Crippen MR) is 85.2 cm³/mol. The summed E-state index contributed by atoms with van der Waals surface area (Å²) in [6.45, 7) is 3.07. The van der Waals surface area contributed by atoms with Crippen LogP contribution in [0.15, 0.2) is 60.8 Å². The van der Waals surface area contributed by atoms with Crippen LogP contribution >= 0.6 is 0 Å². The second kappa shape index (κ2) is 5.74. The molecule has 0 atom stereocenters. The van der Waals surface area contributed by atoms with Gasteiger partial charge in [0.05, 0.1) is 0 Å². The van der Waals surface area contributed by atoms with E-state index in [-0.39, 0.29) is 0 Å². The van der Waals surface area contributed by atoms with Gasteiger partial charge in [0, 0.05) is 18.4 Å². The first-order valence-corrected chi connectivity index (χ1v) is 7.04. The number of pyridine rings is 1. The van der Waals surface area contributed by atoms with Crippen molar-refractivity contribution in [2.24, 2.45) is 0 Å². The van der Waals surface area contributed by atoms with Crippen molar-refractivity contribution in [3.8, 4) is 0 Å². The van der Waals surface area contributed by atoms with Crippen LogP contribution in [0.1, 0.15) is 18.1 Å². The normalized spacial score (nSPS) is 12.8. The summed E-state index contributed by atoms with van der Waals surface area (Å²) in [4.78, 5) is 6.76. The maximum atomic E-state index is 4.49. The summed E-state index contributed by atoms with van der Waals surface area (Å²) < 4.78 is 0. The summed E-state index contributed by atoms with van der Waals surface area (Å²) >= 11 is 0. The molecule has 1 aromatic carbocycles. The van der Waals surface area contributed by atoms with Crippen molar-refractivity contribution in [1.29, 1.82) is 0 Å². The molecule has 0 saturated carbocycles. The van der Waals surface area contributed by atoms with E-state index in [0.717, 1.165) is 18.8 Å². The third-order valence-corrected chi connectivity index (χ3v) is 3.57. The van der Waals surface area contributed by atoms with Crippen LogP contribution in [0.2, 0.25) is 0 Å². The van der Waals surface area contributed by atoms with Crippen molar-refractivity contribution in [1.82, 2.24) is 4.98 Å². The number of nitrogens with zero attached hydrogens (tertiary/aromatic N) is 2. The fourth-order valence-electron chi connectivity index (χ4n) is 2.62. The summed E-state index contributed by atoms with van der Waals surface area (Å²) in [6, 6.07) is 12.5. The largest absolute Gasteiger partial charge is 0.326 e. The van der Waals surface area contributed by atoms with Gasteiger partial charge in [-0.1, -0.05) is 42.5 Å². The van der Waals surface area contributed by atoms with Gasteiger partial charge in [-0.2, -0.15) is 0 Å². The van der Waals surface area contributed by atoms with Crippen LogP contribution in [-0.2, 0) is 6.42 Å². The van der Waals surface area contributed by atoms with E-state index in [2.05, 4.69) is 65.4 Å². The highest BCUT2D eigenvalue weighted by atomic mass is 15.2. The lowest BCUT2D eigenvalue weighted by Crippen LogP contribution is -2.19. The predicted octanol–water partition coefficient (Wildman–Crippen LogP) is 4.37. The Morgan fingerprint density at radius 2 is 2.05 bits per heavy atom. The van der Waals surface area contributed by atoms with Crippen LogP contribution in [0, 0.1) is 0 Å². The maximum absolute atomic E-state index is 4.49.